The van der Waals surface area contributed by atoms with E-state index >= 15 is 0 Å². The van der Waals surface area contributed by atoms with Gasteiger partial charge < -0.3 is 11.1 Å². The average Bonchev–Trinajstić information content (AvgIpc) is 2.44. The Labute approximate surface area is 124 Å². The van der Waals surface area contributed by atoms with E-state index in [0.717, 1.165) is 31.8 Å². The fraction of sp³-hybridized carbons (Fsp3) is 0.938. The molecule has 4 nitrogen and oxygen atoms in total. The fourth-order valence-electron chi connectivity index (χ4n) is 3.11. The van der Waals surface area contributed by atoms with Crippen molar-refractivity contribution in [3.63, 3.8) is 0 Å². The summed E-state index contributed by atoms with van der Waals surface area (Å²) in [4.78, 5) is 14.4. The number of hydrogen-bond acceptors (Lipinski definition) is 3. The molecule has 3 N–H and O–H groups in total. The van der Waals surface area contributed by atoms with Gasteiger partial charge in [-0.2, -0.15) is 0 Å². The zero-order valence-corrected chi connectivity index (χ0v) is 13.7. The Balaban J connectivity index is 2.60. The standard InChI is InChI=1S/C16H33N3O/c1-5-19(11-15(20)18-10-13(2)3)16(12-17)8-6-14(4)7-9-16/h13-14H,5-12,17H2,1-4H3,(H,18,20). The van der Waals surface area contributed by atoms with Crippen molar-refractivity contribution in [2.75, 3.05) is 26.2 Å². The van der Waals surface area contributed by atoms with E-state index in [4.69, 9.17) is 5.73 Å². The first-order valence-corrected chi connectivity index (χ1v) is 8.15. The van der Waals surface area contributed by atoms with Crippen LogP contribution < -0.4 is 11.1 Å². The maximum atomic E-state index is 12.1. The molecular weight excluding hydrogens is 250 g/mol. The van der Waals surface area contributed by atoms with E-state index in [2.05, 4.69) is 37.9 Å². The molecule has 0 aromatic rings. The second-order valence-electron chi connectivity index (χ2n) is 6.82. The third-order valence-electron chi connectivity index (χ3n) is 4.68. The first-order chi connectivity index (χ1) is 9.43. The third-order valence-corrected chi connectivity index (χ3v) is 4.68. The summed E-state index contributed by atoms with van der Waals surface area (Å²) in [7, 11) is 0. The lowest BCUT2D eigenvalue weighted by atomic mass is 9.76. The van der Waals surface area contributed by atoms with Crippen LogP contribution in [0.15, 0.2) is 0 Å². The first-order valence-electron chi connectivity index (χ1n) is 8.15. The maximum Gasteiger partial charge on any atom is 0.234 e. The lowest BCUT2D eigenvalue weighted by molar-refractivity contribution is -0.124. The molecule has 1 amide bonds. The molecule has 0 radical (unpaired) electrons. The van der Waals surface area contributed by atoms with Crippen molar-refractivity contribution in [2.45, 2.75) is 58.9 Å². The zero-order chi connectivity index (χ0) is 15.2. The van der Waals surface area contributed by atoms with Crippen LogP contribution in [0.3, 0.4) is 0 Å². The van der Waals surface area contributed by atoms with Crippen molar-refractivity contribution >= 4 is 5.91 Å². The Hall–Kier alpha value is -0.610. The molecular formula is C16H33N3O. The van der Waals surface area contributed by atoms with Gasteiger partial charge in [-0.3, -0.25) is 9.69 Å². The van der Waals surface area contributed by atoms with Crippen molar-refractivity contribution in [3.05, 3.63) is 0 Å². The van der Waals surface area contributed by atoms with Gasteiger partial charge in [0.15, 0.2) is 0 Å². The molecule has 0 spiro atoms. The molecule has 1 aliphatic rings. The molecule has 0 heterocycles. The smallest absolute Gasteiger partial charge is 0.234 e. The second kappa shape index (κ2) is 7.99. The van der Waals surface area contributed by atoms with Gasteiger partial charge in [0.2, 0.25) is 5.91 Å². The Morgan fingerprint density at radius 3 is 2.45 bits per heavy atom. The predicted molar refractivity (Wildman–Crippen MR) is 84.5 cm³/mol. The molecule has 0 saturated heterocycles. The molecule has 1 aliphatic carbocycles. The van der Waals surface area contributed by atoms with Gasteiger partial charge in [0.25, 0.3) is 0 Å². The van der Waals surface area contributed by atoms with Gasteiger partial charge in [-0.1, -0.05) is 27.7 Å². The Kier molecular flexibility index (Phi) is 6.96. The third kappa shape index (κ3) is 4.74. The summed E-state index contributed by atoms with van der Waals surface area (Å²) < 4.78 is 0. The van der Waals surface area contributed by atoms with E-state index < -0.39 is 0 Å². The van der Waals surface area contributed by atoms with Crippen molar-refractivity contribution in [2.24, 2.45) is 17.6 Å². The molecule has 20 heavy (non-hydrogen) atoms. The molecule has 0 unspecified atom stereocenters. The van der Waals surface area contributed by atoms with Gasteiger partial charge >= 0.3 is 0 Å². The van der Waals surface area contributed by atoms with E-state index in [0.29, 0.717) is 19.0 Å². The number of amides is 1. The molecule has 4 heteroatoms. The summed E-state index contributed by atoms with van der Waals surface area (Å²) in [5, 5.41) is 3.01. The summed E-state index contributed by atoms with van der Waals surface area (Å²) in [5.74, 6) is 1.42. The fourth-order valence-corrected chi connectivity index (χ4v) is 3.11. The lowest BCUT2D eigenvalue weighted by Crippen LogP contribution is -2.58. The molecule has 0 aromatic heterocycles. The minimum Gasteiger partial charge on any atom is -0.355 e. The molecule has 0 bridgehead atoms. The molecule has 0 atom stereocenters. The average molecular weight is 283 g/mol. The van der Waals surface area contributed by atoms with Crippen LogP contribution in [0.2, 0.25) is 0 Å². The number of likely N-dealkylation sites (N-methyl/N-ethyl adjacent to an activating group) is 1. The predicted octanol–water partition coefficient (Wildman–Crippen LogP) is 1.99. The van der Waals surface area contributed by atoms with Crippen LogP contribution in [0.4, 0.5) is 0 Å². The van der Waals surface area contributed by atoms with E-state index in [1.807, 2.05) is 0 Å². The number of nitrogens with zero attached hydrogens (tertiary/aromatic N) is 1. The monoisotopic (exact) mass is 283 g/mol. The number of nitrogens with one attached hydrogen (secondary N) is 1. The maximum absolute atomic E-state index is 12.1. The van der Waals surface area contributed by atoms with Crippen molar-refractivity contribution in [1.29, 1.82) is 0 Å². The number of rotatable bonds is 7. The van der Waals surface area contributed by atoms with Crippen LogP contribution in [0.5, 0.6) is 0 Å². The van der Waals surface area contributed by atoms with Gasteiger partial charge in [-0.05, 0) is 44.1 Å². The van der Waals surface area contributed by atoms with Gasteiger partial charge in [0.05, 0.1) is 6.54 Å². The van der Waals surface area contributed by atoms with E-state index in [9.17, 15) is 4.79 Å². The number of carbonyl (C=O) groups is 1. The van der Waals surface area contributed by atoms with Gasteiger partial charge in [-0.25, -0.2) is 0 Å². The summed E-state index contributed by atoms with van der Waals surface area (Å²) in [6.07, 6.45) is 4.69. The highest BCUT2D eigenvalue weighted by molar-refractivity contribution is 5.78. The lowest BCUT2D eigenvalue weighted by Gasteiger charge is -2.46. The second-order valence-corrected chi connectivity index (χ2v) is 6.82. The summed E-state index contributed by atoms with van der Waals surface area (Å²) in [5.41, 5.74) is 6.12. The SMILES string of the molecule is CCN(CC(=O)NCC(C)C)C1(CN)CCC(C)CC1. The highest BCUT2D eigenvalue weighted by Crippen LogP contribution is 2.35. The topological polar surface area (TPSA) is 58.4 Å². The first kappa shape index (κ1) is 17.4. The number of carbonyl (C=O) groups excluding carboxylic acids is 1. The van der Waals surface area contributed by atoms with Crippen LogP contribution in [0.25, 0.3) is 0 Å². The molecule has 1 fully saturated rings. The number of nitrogens with two attached hydrogens (primary N) is 1. The minimum absolute atomic E-state index is 0.0381. The van der Waals surface area contributed by atoms with Crippen molar-refractivity contribution in [1.82, 2.24) is 10.2 Å². The number of hydrogen-bond donors (Lipinski definition) is 2. The van der Waals surface area contributed by atoms with Gasteiger partial charge in [0.1, 0.15) is 0 Å². The largest absolute Gasteiger partial charge is 0.355 e. The minimum atomic E-state index is 0.0381. The van der Waals surface area contributed by atoms with Gasteiger partial charge in [-0.15, -0.1) is 0 Å². The van der Waals surface area contributed by atoms with Crippen LogP contribution in [0.1, 0.15) is 53.4 Å². The molecule has 0 aliphatic heterocycles. The van der Waals surface area contributed by atoms with Crippen LogP contribution in [-0.2, 0) is 4.79 Å². The highest BCUT2D eigenvalue weighted by atomic mass is 16.2. The van der Waals surface area contributed by atoms with Crippen LogP contribution in [0, 0.1) is 11.8 Å². The normalized spacial score (nSPS) is 27.1. The van der Waals surface area contributed by atoms with E-state index in [1.54, 1.807) is 0 Å². The van der Waals surface area contributed by atoms with Crippen molar-refractivity contribution in [3.8, 4) is 0 Å². The summed E-state index contributed by atoms with van der Waals surface area (Å²) in [6, 6.07) is 0. The zero-order valence-electron chi connectivity index (χ0n) is 13.7. The van der Waals surface area contributed by atoms with Crippen molar-refractivity contribution < 1.29 is 4.79 Å². The van der Waals surface area contributed by atoms with Crippen LogP contribution >= 0.6 is 0 Å². The Morgan fingerprint density at radius 2 is 2.00 bits per heavy atom. The quantitative estimate of drug-likeness (QED) is 0.751. The van der Waals surface area contributed by atoms with Gasteiger partial charge in [0, 0.05) is 18.6 Å². The summed E-state index contributed by atoms with van der Waals surface area (Å²) in [6.45, 7) is 11.4. The van der Waals surface area contributed by atoms with E-state index in [1.165, 1.54) is 12.8 Å². The van der Waals surface area contributed by atoms with E-state index in [-0.39, 0.29) is 11.4 Å². The van der Waals surface area contributed by atoms with Crippen LogP contribution in [-0.4, -0.2) is 42.5 Å². The molecule has 0 aromatic carbocycles. The molecule has 1 saturated carbocycles. The summed E-state index contributed by atoms with van der Waals surface area (Å²) >= 11 is 0. The molecule has 1 rings (SSSR count). The highest BCUT2D eigenvalue weighted by Gasteiger charge is 2.38. The Morgan fingerprint density at radius 1 is 1.40 bits per heavy atom. The Bertz CT molecular complexity index is 296. The molecule has 118 valence electrons.